The highest BCUT2D eigenvalue weighted by atomic mass is 16.3. The maximum Gasteiger partial charge on any atom is 0.0957 e. The van der Waals surface area contributed by atoms with E-state index in [1.807, 2.05) is 19.1 Å². The van der Waals surface area contributed by atoms with Crippen LogP contribution in [-0.2, 0) is 0 Å². The molecule has 1 fully saturated rings. The van der Waals surface area contributed by atoms with Crippen LogP contribution in [0.15, 0.2) is 18.3 Å². The van der Waals surface area contributed by atoms with Crippen molar-refractivity contribution in [1.82, 2.24) is 4.98 Å². The molecular weight excluding hydrogens is 216 g/mol. The van der Waals surface area contributed by atoms with Gasteiger partial charge < -0.3 is 15.1 Å². The fraction of sp³-hybridized carbons (Fsp3) is 0.615. The SMILES string of the molecule is CC[C@H](O)c1ccc(N(CCO)C2CC2)cn1. The fourth-order valence-electron chi connectivity index (χ4n) is 1.99. The van der Waals surface area contributed by atoms with Gasteiger partial charge in [-0.1, -0.05) is 6.92 Å². The summed E-state index contributed by atoms with van der Waals surface area (Å²) in [6.07, 6.45) is 4.38. The summed E-state index contributed by atoms with van der Waals surface area (Å²) in [5.41, 5.74) is 1.75. The van der Waals surface area contributed by atoms with Gasteiger partial charge in [0.05, 0.1) is 30.3 Å². The van der Waals surface area contributed by atoms with E-state index in [0.717, 1.165) is 11.4 Å². The summed E-state index contributed by atoms with van der Waals surface area (Å²) in [6, 6.07) is 4.41. The first-order valence-corrected chi connectivity index (χ1v) is 6.27. The van der Waals surface area contributed by atoms with Crippen molar-refractivity contribution in [2.75, 3.05) is 18.1 Å². The zero-order valence-electron chi connectivity index (χ0n) is 10.2. The third kappa shape index (κ3) is 2.96. The number of aliphatic hydroxyl groups excluding tert-OH is 2. The topological polar surface area (TPSA) is 56.6 Å². The monoisotopic (exact) mass is 236 g/mol. The predicted octanol–water partition coefficient (Wildman–Crippen LogP) is 1.49. The summed E-state index contributed by atoms with van der Waals surface area (Å²) in [5, 5.41) is 18.7. The van der Waals surface area contributed by atoms with E-state index in [0.29, 0.717) is 19.0 Å². The van der Waals surface area contributed by atoms with Crippen molar-refractivity contribution in [3.63, 3.8) is 0 Å². The van der Waals surface area contributed by atoms with E-state index in [1.165, 1.54) is 12.8 Å². The fourth-order valence-corrected chi connectivity index (χ4v) is 1.99. The Labute approximate surface area is 102 Å². The van der Waals surface area contributed by atoms with Crippen molar-refractivity contribution >= 4 is 5.69 Å². The largest absolute Gasteiger partial charge is 0.395 e. The summed E-state index contributed by atoms with van der Waals surface area (Å²) in [4.78, 5) is 6.48. The maximum atomic E-state index is 9.67. The van der Waals surface area contributed by atoms with Crippen molar-refractivity contribution in [2.45, 2.75) is 38.3 Å². The molecule has 0 aliphatic heterocycles. The molecule has 0 amide bonds. The molecule has 0 unspecified atom stereocenters. The van der Waals surface area contributed by atoms with E-state index in [9.17, 15) is 5.11 Å². The van der Waals surface area contributed by atoms with Gasteiger partial charge in [-0.3, -0.25) is 4.98 Å². The molecule has 0 bridgehead atoms. The van der Waals surface area contributed by atoms with Crippen LogP contribution in [-0.4, -0.2) is 34.4 Å². The first-order chi connectivity index (χ1) is 8.26. The zero-order valence-corrected chi connectivity index (χ0v) is 10.2. The lowest BCUT2D eigenvalue weighted by molar-refractivity contribution is 0.169. The van der Waals surface area contributed by atoms with Crippen LogP contribution in [0.25, 0.3) is 0 Å². The molecule has 17 heavy (non-hydrogen) atoms. The molecule has 1 atom stereocenters. The minimum absolute atomic E-state index is 0.163. The minimum atomic E-state index is -0.476. The Morgan fingerprint density at radius 2 is 2.24 bits per heavy atom. The van der Waals surface area contributed by atoms with E-state index in [4.69, 9.17) is 5.11 Å². The first-order valence-electron chi connectivity index (χ1n) is 6.27. The second kappa shape index (κ2) is 5.47. The zero-order chi connectivity index (χ0) is 12.3. The molecule has 1 saturated carbocycles. The lowest BCUT2D eigenvalue weighted by Crippen LogP contribution is -2.28. The van der Waals surface area contributed by atoms with Crippen LogP contribution in [0.3, 0.4) is 0 Å². The van der Waals surface area contributed by atoms with Crippen molar-refractivity contribution in [3.05, 3.63) is 24.0 Å². The molecule has 0 radical (unpaired) electrons. The smallest absolute Gasteiger partial charge is 0.0957 e. The molecule has 4 heteroatoms. The number of nitrogens with zero attached hydrogens (tertiary/aromatic N) is 2. The highest BCUT2D eigenvalue weighted by Crippen LogP contribution is 2.31. The molecule has 4 nitrogen and oxygen atoms in total. The Kier molecular flexibility index (Phi) is 3.97. The molecular formula is C13H20N2O2. The molecule has 1 aliphatic carbocycles. The van der Waals surface area contributed by atoms with Gasteiger partial charge in [0.15, 0.2) is 0 Å². The third-order valence-electron chi connectivity index (χ3n) is 3.16. The normalized spacial score (nSPS) is 16.9. The summed E-state index contributed by atoms with van der Waals surface area (Å²) in [5.74, 6) is 0. The number of hydrogen-bond donors (Lipinski definition) is 2. The summed E-state index contributed by atoms with van der Waals surface area (Å²) in [6.45, 7) is 2.75. The Hall–Kier alpha value is -1.13. The summed E-state index contributed by atoms with van der Waals surface area (Å²) < 4.78 is 0. The first kappa shape index (κ1) is 12.3. The van der Waals surface area contributed by atoms with Crippen LogP contribution in [0.2, 0.25) is 0 Å². The van der Waals surface area contributed by atoms with E-state index in [2.05, 4.69) is 9.88 Å². The second-order valence-corrected chi connectivity index (χ2v) is 4.51. The van der Waals surface area contributed by atoms with Gasteiger partial charge in [0.1, 0.15) is 0 Å². The van der Waals surface area contributed by atoms with Crippen molar-refractivity contribution in [2.24, 2.45) is 0 Å². The van der Waals surface area contributed by atoms with Gasteiger partial charge in [-0.2, -0.15) is 0 Å². The van der Waals surface area contributed by atoms with Gasteiger partial charge in [-0.05, 0) is 31.4 Å². The van der Waals surface area contributed by atoms with Crippen LogP contribution in [0.5, 0.6) is 0 Å². The number of pyridine rings is 1. The molecule has 94 valence electrons. The molecule has 1 aliphatic rings. The molecule has 1 aromatic heterocycles. The van der Waals surface area contributed by atoms with Crippen LogP contribution >= 0.6 is 0 Å². The van der Waals surface area contributed by atoms with Crippen LogP contribution in [0, 0.1) is 0 Å². The summed E-state index contributed by atoms with van der Waals surface area (Å²) in [7, 11) is 0. The quantitative estimate of drug-likeness (QED) is 0.785. The Morgan fingerprint density at radius 1 is 1.47 bits per heavy atom. The molecule has 2 rings (SSSR count). The van der Waals surface area contributed by atoms with Gasteiger partial charge >= 0.3 is 0 Å². The maximum absolute atomic E-state index is 9.67. The Balaban J connectivity index is 2.09. The van der Waals surface area contributed by atoms with E-state index in [-0.39, 0.29) is 6.61 Å². The van der Waals surface area contributed by atoms with Crippen molar-refractivity contribution in [3.8, 4) is 0 Å². The minimum Gasteiger partial charge on any atom is -0.395 e. The molecule has 0 spiro atoms. The number of aromatic nitrogens is 1. The van der Waals surface area contributed by atoms with Gasteiger partial charge in [0.2, 0.25) is 0 Å². The molecule has 0 aromatic carbocycles. The van der Waals surface area contributed by atoms with Gasteiger partial charge in [0.25, 0.3) is 0 Å². The Morgan fingerprint density at radius 3 is 2.71 bits per heavy atom. The molecule has 2 N–H and O–H groups in total. The average molecular weight is 236 g/mol. The highest BCUT2D eigenvalue weighted by Gasteiger charge is 2.28. The number of rotatable bonds is 6. The molecule has 0 saturated heterocycles. The second-order valence-electron chi connectivity index (χ2n) is 4.51. The van der Waals surface area contributed by atoms with Crippen molar-refractivity contribution < 1.29 is 10.2 Å². The standard InChI is InChI=1S/C13H20N2O2/c1-2-13(17)12-6-5-11(9-14-12)15(7-8-16)10-3-4-10/h5-6,9-10,13,16-17H,2-4,7-8H2,1H3/t13-/m0/s1. The lowest BCUT2D eigenvalue weighted by Gasteiger charge is -2.23. The molecule has 1 aromatic rings. The highest BCUT2D eigenvalue weighted by molar-refractivity contribution is 5.47. The third-order valence-corrected chi connectivity index (χ3v) is 3.16. The van der Waals surface area contributed by atoms with Gasteiger partial charge in [-0.25, -0.2) is 0 Å². The van der Waals surface area contributed by atoms with Gasteiger partial charge in [0, 0.05) is 12.6 Å². The Bertz CT molecular complexity index is 349. The number of anilines is 1. The average Bonchev–Trinajstić information content (AvgIpc) is 3.19. The van der Waals surface area contributed by atoms with Crippen LogP contribution < -0.4 is 4.90 Å². The summed E-state index contributed by atoms with van der Waals surface area (Å²) >= 11 is 0. The lowest BCUT2D eigenvalue weighted by atomic mass is 10.2. The van der Waals surface area contributed by atoms with Crippen molar-refractivity contribution in [1.29, 1.82) is 0 Å². The molecule has 1 heterocycles. The van der Waals surface area contributed by atoms with E-state index in [1.54, 1.807) is 6.20 Å². The van der Waals surface area contributed by atoms with E-state index < -0.39 is 6.10 Å². The van der Waals surface area contributed by atoms with Crippen LogP contribution in [0.1, 0.15) is 38.0 Å². The number of hydrogen-bond acceptors (Lipinski definition) is 4. The predicted molar refractivity (Wildman–Crippen MR) is 66.9 cm³/mol. The van der Waals surface area contributed by atoms with Gasteiger partial charge in [-0.15, -0.1) is 0 Å². The van der Waals surface area contributed by atoms with E-state index >= 15 is 0 Å². The van der Waals surface area contributed by atoms with Crippen LogP contribution in [0.4, 0.5) is 5.69 Å². The number of aliphatic hydroxyl groups is 2.